The molecule has 7 nitrogen and oxygen atoms in total. The molecule has 0 spiro atoms. The summed E-state index contributed by atoms with van der Waals surface area (Å²) in [4.78, 5) is 26.8. The minimum absolute atomic E-state index is 0.139. The Morgan fingerprint density at radius 3 is 2.71 bits per heavy atom. The molecule has 1 N–H and O–H groups in total. The zero-order valence-electron chi connectivity index (χ0n) is 20.9. The van der Waals surface area contributed by atoms with E-state index in [1.54, 1.807) is 6.92 Å². The van der Waals surface area contributed by atoms with Crippen LogP contribution in [0.1, 0.15) is 47.0 Å². The number of halogens is 1. The third-order valence-corrected chi connectivity index (χ3v) is 8.83. The second-order valence-corrected chi connectivity index (χ2v) is 11.9. The number of carbonyl (C=O) groups excluding carboxylic acids is 2. The molecular formula is C28H27BrN4O3S2. The summed E-state index contributed by atoms with van der Waals surface area (Å²) in [6.45, 7) is 2.10. The highest BCUT2D eigenvalue weighted by Gasteiger charge is 2.27. The highest BCUT2D eigenvalue weighted by molar-refractivity contribution is 9.10. The van der Waals surface area contributed by atoms with Gasteiger partial charge in [-0.15, -0.1) is 21.5 Å². The van der Waals surface area contributed by atoms with Crippen molar-refractivity contribution in [3.05, 3.63) is 75.1 Å². The number of thioether (sulfide) groups is 1. The van der Waals surface area contributed by atoms with Crippen molar-refractivity contribution >= 4 is 55.9 Å². The van der Waals surface area contributed by atoms with E-state index < -0.39 is 0 Å². The smallest absolute Gasteiger partial charge is 0.341 e. The van der Waals surface area contributed by atoms with Crippen LogP contribution in [0.2, 0.25) is 0 Å². The maximum atomic E-state index is 12.9. The van der Waals surface area contributed by atoms with E-state index in [1.165, 1.54) is 28.0 Å². The Balaban J connectivity index is 1.31. The molecule has 0 saturated heterocycles. The fourth-order valence-electron chi connectivity index (χ4n) is 4.49. The highest BCUT2D eigenvalue weighted by Crippen LogP contribution is 2.39. The van der Waals surface area contributed by atoms with Gasteiger partial charge in [0.2, 0.25) is 5.91 Å². The van der Waals surface area contributed by atoms with Gasteiger partial charge < -0.3 is 10.1 Å². The molecule has 0 atom stereocenters. The number of hydrogen-bond acceptors (Lipinski definition) is 7. The van der Waals surface area contributed by atoms with E-state index in [2.05, 4.69) is 31.4 Å². The van der Waals surface area contributed by atoms with Crippen molar-refractivity contribution in [2.24, 2.45) is 0 Å². The molecule has 1 aliphatic rings. The molecule has 4 aromatic rings. The summed E-state index contributed by atoms with van der Waals surface area (Å²) in [7, 11) is 0. The minimum atomic E-state index is -0.354. The lowest BCUT2D eigenvalue weighted by Crippen LogP contribution is -2.16. The highest BCUT2D eigenvalue weighted by atomic mass is 79.9. The van der Waals surface area contributed by atoms with Crippen LogP contribution in [0.15, 0.2) is 64.2 Å². The molecule has 1 aliphatic carbocycles. The van der Waals surface area contributed by atoms with Crippen LogP contribution in [0.5, 0.6) is 0 Å². The van der Waals surface area contributed by atoms with Gasteiger partial charge in [0.25, 0.3) is 0 Å². The van der Waals surface area contributed by atoms with E-state index in [4.69, 9.17) is 4.74 Å². The van der Waals surface area contributed by atoms with Gasteiger partial charge in [-0.3, -0.25) is 9.36 Å². The molecule has 0 radical (unpaired) electrons. The van der Waals surface area contributed by atoms with E-state index in [0.29, 0.717) is 28.1 Å². The standard InChI is InChI=1S/C28H27BrN4O3S2/c1-2-36-27(35)24-21-13-6-7-14-22(21)38-26(24)30-23(34)15-16-37-28-32-31-25(18-9-8-10-19(29)17-18)33(28)20-11-4-3-5-12-20/h3-5,8-12,17H,2,6-7,13-16H2,1H3,(H,30,34). The molecule has 1 amide bonds. The molecule has 0 unspecified atom stereocenters. The Hall–Kier alpha value is -2.95. The lowest BCUT2D eigenvalue weighted by Gasteiger charge is -2.12. The summed E-state index contributed by atoms with van der Waals surface area (Å²) < 4.78 is 8.28. The number of ether oxygens (including phenoxy) is 1. The van der Waals surface area contributed by atoms with Gasteiger partial charge in [-0.25, -0.2) is 4.79 Å². The Morgan fingerprint density at radius 1 is 1.11 bits per heavy atom. The number of anilines is 1. The van der Waals surface area contributed by atoms with Crippen LogP contribution in [0.25, 0.3) is 17.1 Å². The fraction of sp³-hybridized carbons (Fsp3) is 0.286. The summed E-state index contributed by atoms with van der Waals surface area (Å²) in [6.07, 6.45) is 4.20. The van der Waals surface area contributed by atoms with E-state index >= 15 is 0 Å². The van der Waals surface area contributed by atoms with Gasteiger partial charge in [0.1, 0.15) is 5.00 Å². The number of thiophene rings is 1. The minimum Gasteiger partial charge on any atom is -0.462 e. The second kappa shape index (κ2) is 12.3. The van der Waals surface area contributed by atoms with Crippen LogP contribution in [-0.4, -0.2) is 39.0 Å². The van der Waals surface area contributed by atoms with Crippen LogP contribution in [-0.2, 0) is 22.4 Å². The Kier molecular flexibility index (Phi) is 8.61. The number of nitrogens with one attached hydrogen (secondary N) is 1. The van der Waals surface area contributed by atoms with Gasteiger partial charge in [-0.2, -0.15) is 0 Å². The first-order valence-corrected chi connectivity index (χ1v) is 15.2. The number of aromatic nitrogens is 3. The third-order valence-electron chi connectivity index (χ3n) is 6.19. The largest absolute Gasteiger partial charge is 0.462 e. The number of nitrogens with zero attached hydrogens (tertiary/aromatic N) is 3. The normalized spacial score (nSPS) is 12.7. The molecule has 2 heterocycles. The molecule has 0 fully saturated rings. The van der Waals surface area contributed by atoms with E-state index in [0.717, 1.165) is 52.8 Å². The molecule has 10 heteroatoms. The predicted octanol–water partition coefficient (Wildman–Crippen LogP) is 6.93. The zero-order chi connectivity index (χ0) is 26.5. The van der Waals surface area contributed by atoms with E-state index in [9.17, 15) is 9.59 Å². The first kappa shape index (κ1) is 26.6. The van der Waals surface area contributed by atoms with Crippen molar-refractivity contribution < 1.29 is 14.3 Å². The number of fused-ring (bicyclic) bond motifs is 1. The number of aryl methyl sites for hydroxylation is 1. The van der Waals surface area contributed by atoms with Crippen LogP contribution in [0.4, 0.5) is 5.00 Å². The lowest BCUT2D eigenvalue weighted by molar-refractivity contribution is -0.115. The van der Waals surface area contributed by atoms with Crippen molar-refractivity contribution in [3.8, 4) is 17.1 Å². The maximum absolute atomic E-state index is 12.9. The first-order chi connectivity index (χ1) is 18.5. The van der Waals surface area contributed by atoms with Gasteiger partial charge in [-0.1, -0.05) is 58.0 Å². The van der Waals surface area contributed by atoms with Gasteiger partial charge in [0.15, 0.2) is 11.0 Å². The van der Waals surface area contributed by atoms with Crippen molar-refractivity contribution in [3.63, 3.8) is 0 Å². The van der Waals surface area contributed by atoms with Crippen molar-refractivity contribution in [2.45, 2.75) is 44.2 Å². The molecule has 2 aromatic carbocycles. The Labute approximate surface area is 238 Å². The maximum Gasteiger partial charge on any atom is 0.341 e. The Bertz CT molecular complexity index is 1450. The quantitative estimate of drug-likeness (QED) is 0.163. The monoisotopic (exact) mass is 610 g/mol. The predicted molar refractivity (Wildman–Crippen MR) is 155 cm³/mol. The van der Waals surface area contributed by atoms with Gasteiger partial charge in [0, 0.05) is 32.8 Å². The SMILES string of the molecule is CCOC(=O)c1c(NC(=O)CCSc2nnc(-c3cccc(Br)c3)n2-c2ccccc2)sc2c1CCCC2. The summed E-state index contributed by atoms with van der Waals surface area (Å²) in [6, 6.07) is 17.9. The van der Waals surface area contributed by atoms with Gasteiger partial charge in [-0.05, 0) is 62.4 Å². The van der Waals surface area contributed by atoms with Crippen molar-refractivity contribution in [1.29, 1.82) is 0 Å². The van der Waals surface area contributed by atoms with Crippen LogP contribution in [0, 0.1) is 0 Å². The number of hydrogen-bond donors (Lipinski definition) is 1. The molecule has 38 heavy (non-hydrogen) atoms. The van der Waals surface area contributed by atoms with Crippen LogP contribution >= 0.6 is 39.0 Å². The molecule has 0 aliphatic heterocycles. The Morgan fingerprint density at radius 2 is 1.92 bits per heavy atom. The molecule has 5 rings (SSSR count). The molecule has 0 saturated carbocycles. The summed E-state index contributed by atoms with van der Waals surface area (Å²) in [5.41, 5.74) is 3.46. The van der Waals surface area contributed by atoms with Gasteiger partial charge in [0.05, 0.1) is 12.2 Å². The van der Waals surface area contributed by atoms with Crippen LogP contribution < -0.4 is 5.32 Å². The summed E-state index contributed by atoms with van der Waals surface area (Å²) >= 11 is 6.52. The van der Waals surface area contributed by atoms with Gasteiger partial charge >= 0.3 is 5.97 Å². The lowest BCUT2D eigenvalue weighted by atomic mass is 9.95. The van der Waals surface area contributed by atoms with Crippen molar-refractivity contribution in [1.82, 2.24) is 14.8 Å². The molecule has 2 aromatic heterocycles. The zero-order valence-corrected chi connectivity index (χ0v) is 24.1. The number of carbonyl (C=O) groups is 2. The number of esters is 1. The molecular weight excluding hydrogens is 584 g/mol. The summed E-state index contributed by atoms with van der Waals surface area (Å²) in [5, 5.41) is 13.2. The van der Waals surface area contributed by atoms with E-state index in [1.807, 2.05) is 59.2 Å². The molecule has 0 bridgehead atoms. The number of benzene rings is 2. The fourth-order valence-corrected chi connectivity index (χ4v) is 7.07. The van der Waals surface area contributed by atoms with Crippen LogP contribution in [0.3, 0.4) is 0 Å². The van der Waals surface area contributed by atoms with Crippen molar-refractivity contribution in [2.75, 3.05) is 17.7 Å². The average molecular weight is 612 g/mol. The number of para-hydroxylation sites is 1. The summed E-state index contributed by atoms with van der Waals surface area (Å²) in [5.74, 6) is 0.745. The topological polar surface area (TPSA) is 86.1 Å². The second-order valence-electron chi connectivity index (χ2n) is 8.77. The first-order valence-electron chi connectivity index (χ1n) is 12.6. The number of rotatable bonds is 9. The third kappa shape index (κ3) is 5.87. The molecule has 196 valence electrons. The van der Waals surface area contributed by atoms with E-state index in [-0.39, 0.29) is 18.3 Å². The average Bonchev–Trinajstić information content (AvgIpc) is 3.50. The number of amides is 1.